The maximum Gasteiger partial charge on any atom is 0.253 e. The summed E-state index contributed by atoms with van der Waals surface area (Å²) >= 11 is 0. The molecule has 0 saturated heterocycles. The smallest absolute Gasteiger partial charge is 0.253 e. The number of aromatic nitrogens is 1. The number of nitrogens with zero attached hydrogens (tertiary/aromatic N) is 2. The molecule has 0 aliphatic carbocycles. The van der Waals surface area contributed by atoms with Gasteiger partial charge in [0.25, 0.3) is 5.91 Å². The molecule has 2 aromatic rings. The van der Waals surface area contributed by atoms with E-state index in [1.807, 2.05) is 26.8 Å². The van der Waals surface area contributed by atoms with Gasteiger partial charge >= 0.3 is 0 Å². The third-order valence-electron chi connectivity index (χ3n) is 2.82. The van der Waals surface area contributed by atoms with Gasteiger partial charge in [0.15, 0.2) is 0 Å². The molecule has 1 aromatic heterocycles. The van der Waals surface area contributed by atoms with Crippen molar-refractivity contribution in [3.05, 3.63) is 53.9 Å². The number of nitriles is 1. The fraction of sp³-hybridized carbons (Fsp3) is 0.235. The van der Waals surface area contributed by atoms with E-state index in [1.165, 1.54) is 6.20 Å². The van der Waals surface area contributed by atoms with Gasteiger partial charge in [-0.1, -0.05) is 12.1 Å². The lowest BCUT2D eigenvalue weighted by molar-refractivity contribution is 0.0919. The Morgan fingerprint density at radius 3 is 2.64 bits per heavy atom. The standard InChI is InChI=1S/C17H18N4O/c1-17(2,3)21-16(22)13-8-14(11-19-10-13)20-15-7-5-4-6-12(15)9-18/h4-8,10-11,20H,1-3H3,(H,21,22). The number of para-hydroxylation sites is 1. The molecule has 0 radical (unpaired) electrons. The summed E-state index contributed by atoms with van der Waals surface area (Å²) in [5, 5.41) is 15.1. The number of benzene rings is 1. The molecule has 0 spiro atoms. The molecule has 22 heavy (non-hydrogen) atoms. The summed E-state index contributed by atoms with van der Waals surface area (Å²) in [6.45, 7) is 5.76. The van der Waals surface area contributed by atoms with Crippen LogP contribution < -0.4 is 10.6 Å². The molecule has 1 heterocycles. The topological polar surface area (TPSA) is 77.8 Å². The van der Waals surface area contributed by atoms with Crippen molar-refractivity contribution in [2.45, 2.75) is 26.3 Å². The fourth-order valence-electron chi connectivity index (χ4n) is 1.89. The Kier molecular flexibility index (Phi) is 4.42. The highest BCUT2D eigenvalue weighted by atomic mass is 16.1. The number of pyridine rings is 1. The van der Waals surface area contributed by atoms with Crippen molar-refractivity contribution in [3.8, 4) is 6.07 Å². The third kappa shape index (κ3) is 4.06. The number of amides is 1. The van der Waals surface area contributed by atoms with Crippen LogP contribution in [0.5, 0.6) is 0 Å². The Hall–Kier alpha value is -2.87. The van der Waals surface area contributed by atoms with Crippen LogP contribution >= 0.6 is 0 Å². The zero-order chi connectivity index (χ0) is 16.2. The first-order valence-electron chi connectivity index (χ1n) is 6.93. The van der Waals surface area contributed by atoms with Crippen LogP contribution in [0, 0.1) is 11.3 Å². The van der Waals surface area contributed by atoms with E-state index in [1.54, 1.807) is 30.5 Å². The van der Waals surface area contributed by atoms with E-state index < -0.39 is 0 Å². The molecule has 2 N–H and O–H groups in total. The zero-order valence-electron chi connectivity index (χ0n) is 12.8. The molecule has 5 nitrogen and oxygen atoms in total. The van der Waals surface area contributed by atoms with E-state index in [0.29, 0.717) is 22.5 Å². The quantitative estimate of drug-likeness (QED) is 0.911. The zero-order valence-corrected chi connectivity index (χ0v) is 12.8. The van der Waals surface area contributed by atoms with Gasteiger partial charge in [0.1, 0.15) is 6.07 Å². The number of carbonyl (C=O) groups excluding carboxylic acids is 1. The van der Waals surface area contributed by atoms with Gasteiger partial charge in [0.2, 0.25) is 0 Å². The lowest BCUT2D eigenvalue weighted by atomic mass is 10.1. The molecular formula is C17H18N4O. The van der Waals surface area contributed by atoms with Crippen LogP contribution in [-0.4, -0.2) is 16.4 Å². The Morgan fingerprint density at radius 2 is 1.95 bits per heavy atom. The molecule has 1 aromatic carbocycles. The largest absolute Gasteiger partial charge is 0.353 e. The average molecular weight is 294 g/mol. The Labute approximate surface area is 130 Å². The number of hydrogen-bond donors (Lipinski definition) is 2. The predicted molar refractivity (Wildman–Crippen MR) is 85.9 cm³/mol. The minimum atomic E-state index is -0.312. The second-order valence-electron chi connectivity index (χ2n) is 5.95. The molecular weight excluding hydrogens is 276 g/mol. The summed E-state index contributed by atoms with van der Waals surface area (Å²) in [5.41, 5.74) is 2.03. The normalized spacial score (nSPS) is 10.6. The molecule has 0 fully saturated rings. The number of rotatable bonds is 3. The Bertz CT molecular complexity index is 726. The van der Waals surface area contributed by atoms with Crippen molar-refractivity contribution in [2.75, 3.05) is 5.32 Å². The number of carbonyl (C=O) groups is 1. The molecule has 0 bridgehead atoms. The third-order valence-corrected chi connectivity index (χ3v) is 2.82. The average Bonchev–Trinajstić information content (AvgIpc) is 2.46. The SMILES string of the molecule is CC(C)(C)NC(=O)c1cncc(Nc2ccccc2C#N)c1. The van der Waals surface area contributed by atoms with Gasteiger partial charge in [0.05, 0.1) is 28.7 Å². The van der Waals surface area contributed by atoms with E-state index in [2.05, 4.69) is 21.7 Å². The van der Waals surface area contributed by atoms with Crippen molar-refractivity contribution in [2.24, 2.45) is 0 Å². The number of nitrogens with one attached hydrogen (secondary N) is 2. The van der Waals surface area contributed by atoms with Gasteiger partial charge in [-0.2, -0.15) is 5.26 Å². The predicted octanol–water partition coefficient (Wildman–Crippen LogP) is 3.23. The lowest BCUT2D eigenvalue weighted by Gasteiger charge is -2.20. The van der Waals surface area contributed by atoms with E-state index in [9.17, 15) is 4.79 Å². The van der Waals surface area contributed by atoms with Crippen LogP contribution in [0.15, 0.2) is 42.7 Å². The van der Waals surface area contributed by atoms with E-state index >= 15 is 0 Å². The first kappa shape index (κ1) is 15.5. The summed E-state index contributed by atoms with van der Waals surface area (Å²) in [5.74, 6) is -0.183. The van der Waals surface area contributed by atoms with Gasteiger partial charge < -0.3 is 10.6 Å². The maximum atomic E-state index is 12.2. The minimum Gasteiger partial charge on any atom is -0.353 e. The molecule has 0 saturated carbocycles. The maximum absolute atomic E-state index is 12.2. The Morgan fingerprint density at radius 1 is 1.23 bits per heavy atom. The first-order chi connectivity index (χ1) is 10.4. The highest BCUT2D eigenvalue weighted by Crippen LogP contribution is 2.20. The van der Waals surface area contributed by atoms with Crippen LogP contribution in [0.1, 0.15) is 36.7 Å². The van der Waals surface area contributed by atoms with Gasteiger partial charge in [-0.15, -0.1) is 0 Å². The first-order valence-corrected chi connectivity index (χ1v) is 6.93. The molecule has 5 heteroatoms. The van der Waals surface area contributed by atoms with Crippen molar-refractivity contribution >= 4 is 17.3 Å². The van der Waals surface area contributed by atoms with Gasteiger partial charge in [-0.05, 0) is 39.0 Å². The second-order valence-corrected chi connectivity index (χ2v) is 5.95. The van der Waals surface area contributed by atoms with Crippen molar-refractivity contribution < 1.29 is 4.79 Å². The number of anilines is 2. The van der Waals surface area contributed by atoms with E-state index in [0.717, 1.165) is 0 Å². The molecule has 1 amide bonds. The van der Waals surface area contributed by atoms with E-state index in [4.69, 9.17) is 5.26 Å². The van der Waals surface area contributed by atoms with Crippen LogP contribution in [0.3, 0.4) is 0 Å². The lowest BCUT2D eigenvalue weighted by Crippen LogP contribution is -2.40. The molecule has 2 rings (SSSR count). The molecule has 0 unspecified atom stereocenters. The van der Waals surface area contributed by atoms with Crippen molar-refractivity contribution in [1.82, 2.24) is 10.3 Å². The summed E-state index contributed by atoms with van der Waals surface area (Å²) in [6, 6.07) is 11.0. The van der Waals surface area contributed by atoms with Gasteiger partial charge in [-0.3, -0.25) is 9.78 Å². The molecule has 0 aliphatic heterocycles. The summed E-state index contributed by atoms with van der Waals surface area (Å²) < 4.78 is 0. The summed E-state index contributed by atoms with van der Waals surface area (Å²) in [6.07, 6.45) is 3.13. The Balaban J connectivity index is 2.22. The minimum absolute atomic E-state index is 0.183. The van der Waals surface area contributed by atoms with Gasteiger partial charge in [-0.25, -0.2) is 0 Å². The summed E-state index contributed by atoms with van der Waals surface area (Å²) in [4.78, 5) is 16.2. The highest BCUT2D eigenvalue weighted by molar-refractivity contribution is 5.95. The van der Waals surface area contributed by atoms with E-state index in [-0.39, 0.29) is 11.4 Å². The summed E-state index contributed by atoms with van der Waals surface area (Å²) in [7, 11) is 0. The molecule has 0 atom stereocenters. The van der Waals surface area contributed by atoms with Crippen LogP contribution in [0.4, 0.5) is 11.4 Å². The van der Waals surface area contributed by atoms with Gasteiger partial charge in [0, 0.05) is 11.7 Å². The van der Waals surface area contributed by atoms with Crippen LogP contribution in [-0.2, 0) is 0 Å². The monoisotopic (exact) mass is 294 g/mol. The van der Waals surface area contributed by atoms with Crippen LogP contribution in [0.2, 0.25) is 0 Å². The van der Waals surface area contributed by atoms with Crippen LogP contribution in [0.25, 0.3) is 0 Å². The molecule has 0 aliphatic rings. The second kappa shape index (κ2) is 6.27. The highest BCUT2D eigenvalue weighted by Gasteiger charge is 2.15. The van der Waals surface area contributed by atoms with Crippen molar-refractivity contribution in [3.63, 3.8) is 0 Å². The number of hydrogen-bond acceptors (Lipinski definition) is 4. The molecule has 112 valence electrons. The van der Waals surface area contributed by atoms with Crippen molar-refractivity contribution in [1.29, 1.82) is 5.26 Å². The fourth-order valence-corrected chi connectivity index (χ4v) is 1.89.